The molecule has 0 bridgehead atoms. The van der Waals surface area contributed by atoms with Crippen molar-refractivity contribution in [3.63, 3.8) is 0 Å². The maximum atomic E-state index is 11.3. The van der Waals surface area contributed by atoms with Gasteiger partial charge in [0.2, 0.25) is 0 Å². The van der Waals surface area contributed by atoms with Crippen LogP contribution in [0.5, 0.6) is 0 Å². The molecule has 0 spiro atoms. The average molecular weight is 276 g/mol. The summed E-state index contributed by atoms with van der Waals surface area (Å²) in [6.07, 6.45) is 2.48. The van der Waals surface area contributed by atoms with E-state index >= 15 is 0 Å². The zero-order valence-corrected chi connectivity index (χ0v) is 12.1. The third-order valence-corrected chi connectivity index (χ3v) is 3.55. The molecule has 3 heteroatoms. The van der Waals surface area contributed by atoms with Gasteiger partial charge in [0.1, 0.15) is 0 Å². The lowest BCUT2D eigenvalue weighted by Crippen LogP contribution is -2.02. The summed E-state index contributed by atoms with van der Waals surface area (Å²) in [5.41, 5.74) is 5.75. The van der Waals surface area contributed by atoms with E-state index in [0.717, 1.165) is 28.8 Å². The van der Waals surface area contributed by atoms with Crippen LogP contribution in [0.3, 0.4) is 0 Å². The topological polar surface area (TPSA) is 34.9 Å². The van der Waals surface area contributed by atoms with Gasteiger partial charge in [0.25, 0.3) is 0 Å². The van der Waals surface area contributed by atoms with Crippen LogP contribution in [-0.2, 0) is 0 Å². The Hall–Kier alpha value is -2.68. The normalized spacial score (nSPS) is 10.6. The summed E-state index contributed by atoms with van der Waals surface area (Å²) in [6.45, 7) is 4.12. The Balaban J connectivity index is 2.25. The van der Waals surface area contributed by atoms with E-state index in [1.807, 2.05) is 41.1 Å². The van der Waals surface area contributed by atoms with Gasteiger partial charge in [-0.1, -0.05) is 48.0 Å². The van der Waals surface area contributed by atoms with Crippen molar-refractivity contribution in [2.24, 2.45) is 0 Å². The van der Waals surface area contributed by atoms with E-state index in [-0.39, 0.29) is 0 Å². The predicted molar refractivity (Wildman–Crippen MR) is 83.9 cm³/mol. The molecule has 0 aliphatic rings. The molecule has 1 heterocycles. The number of aldehydes is 1. The van der Waals surface area contributed by atoms with Crippen molar-refractivity contribution < 1.29 is 4.79 Å². The summed E-state index contributed by atoms with van der Waals surface area (Å²) >= 11 is 0. The molecule has 0 atom stereocenters. The maximum Gasteiger partial charge on any atom is 0.153 e. The van der Waals surface area contributed by atoms with Crippen LogP contribution in [0.25, 0.3) is 16.9 Å². The fourth-order valence-corrected chi connectivity index (χ4v) is 2.56. The van der Waals surface area contributed by atoms with Crippen molar-refractivity contribution in [2.75, 3.05) is 0 Å². The molecule has 0 amide bonds. The lowest BCUT2D eigenvalue weighted by Gasteiger charge is -2.11. The van der Waals surface area contributed by atoms with Crippen LogP contribution < -0.4 is 0 Å². The Morgan fingerprint density at radius 1 is 1.05 bits per heavy atom. The number of aromatic nitrogens is 2. The maximum absolute atomic E-state index is 11.3. The van der Waals surface area contributed by atoms with Crippen molar-refractivity contribution in [3.8, 4) is 16.9 Å². The molecule has 0 radical (unpaired) electrons. The minimum absolute atomic E-state index is 0.598. The number of rotatable bonds is 3. The smallest absolute Gasteiger partial charge is 0.153 e. The van der Waals surface area contributed by atoms with Crippen LogP contribution in [0.2, 0.25) is 0 Å². The summed E-state index contributed by atoms with van der Waals surface area (Å²) in [5.74, 6) is 0. The first-order chi connectivity index (χ1) is 10.2. The molecule has 0 fully saturated rings. The van der Waals surface area contributed by atoms with Crippen LogP contribution in [0.1, 0.15) is 21.5 Å². The van der Waals surface area contributed by atoms with Crippen LogP contribution in [0, 0.1) is 13.8 Å². The molecule has 2 aromatic carbocycles. The first-order valence-electron chi connectivity index (χ1n) is 6.87. The quantitative estimate of drug-likeness (QED) is 0.678. The molecule has 0 saturated heterocycles. The molecule has 0 aliphatic heterocycles. The second kappa shape index (κ2) is 5.37. The van der Waals surface area contributed by atoms with Crippen molar-refractivity contribution in [1.29, 1.82) is 0 Å². The van der Waals surface area contributed by atoms with Crippen molar-refractivity contribution in [3.05, 3.63) is 71.4 Å². The van der Waals surface area contributed by atoms with Crippen molar-refractivity contribution in [2.45, 2.75) is 13.8 Å². The van der Waals surface area contributed by atoms with Crippen LogP contribution >= 0.6 is 0 Å². The van der Waals surface area contributed by atoms with Gasteiger partial charge < -0.3 is 0 Å². The van der Waals surface area contributed by atoms with E-state index in [0.29, 0.717) is 5.56 Å². The van der Waals surface area contributed by atoms with Gasteiger partial charge in [0.15, 0.2) is 6.29 Å². The molecule has 0 aliphatic carbocycles. The van der Waals surface area contributed by atoms with E-state index in [2.05, 4.69) is 31.1 Å². The van der Waals surface area contributed by atoms with Crippen LogP contribution in [0.15, 0.2) is 54.7 Å². The van der Waals surface area contributed by atoms with E-state index in [4.69, 9.17) is 0 Å². The summed E-state index contributed by atoms with van der Waals surface area (Å²) in [7, 11) is 0. The van der Waals surface area contributed by atoms with Gasteiger partial charge >= 0.3 is 0 Å². The third kappa shape index (κ3) is 2.38. The molecule has 104 valence electrons. The van der Waals surface area contributed by atoms with Gasteiger partial charge in [0, 0.05) is 5.56 Å². The molecular formula is C18H16N2O. The molecule has 3 aromatic rings. The van der Waals surface area contributed by atoms with Gasteiger partial charge in [-0.15, -0.1) is 0 Å². The van der Waals surface area contributed by atoms with Gasteiger partial charge in [-0.05, 0) is 25.5 Å². The molecule has 0 unspecified atom stereocenters. The molecular weight excluding hydrogens is 260 g/mol. The van der Waals surface area contributed by atoms with Crippen molar-refractivity contribution in [1.82, 2.24) is 9.78 Å². The SMILES string of the molecule is Cc1ccc(-n2ncc(C=O)c2-c2ccccc2)c(C)c1. The first-order valence-corrected chi connectivity index (χ1v) is 6.87. The Morgan fingerprint density at radius 3 is 2.48 bits per heavy atom. The number of carbonyl (C=O) groups excluding carboxylic acids is 1. The van der Waals surface area contributed by atoms with Crippen LogP contribution in [0.4, 0.5) is 0 Å². The Bertz CT molecular complexity index is 788. The lowest BCUT2D eigenvalue weighted by molar-refractivity contribution is 0.112. The number of nitrogens with zero attached hydrogens (tertiary/aromatic N) is 2. The second-order valence-electron chi connectivity index (χ2n) is 5.13. The highest BCUT2D eigenvalue weighted by molar-refractivity contribution is 5.86. The van der Waals surface area contributed by atoms with Crippen molar-refractivity contribution >= 4 is 6.29 Å². The summed E-state index contributed by atoms with van der Waals surface area (Å²) < 4.78 is 1.84. The number of hydrogen-bond donors (Lipinski definition) is 0. The summed E-state index contributed by atoms with van der Waals surface area (Å²) in [5, 5.41) is 4.41. The zero-order valence-electron chi connectivity index (χ0n) is 12.1. The highest BCUT2D eigenvalue weighted by atomic mass is 16.1. The Kier molecular flexibility index (Phi) is 3.40. The molecule has 1 aromatic heterocycles. The summed E-state index contributed by atoms with van der Waals surface area (Å²) in [6, 6.07) is 16.1. The molecule has 0 saturated carbocycles. The molecule has 3 rings (SSSR count). The average Bonchev–Trinajstić information content (AvgIpc) is 2.92. The van der Waals surface area contributed by atoms with Gasteiger partial charge in [-0.25, -0.2) is 4.68 Å². The molecule has 21 heavy (non-hydrogen) atoms. The number of aryl methyl sites for hydroxylation is 2. The number of benzene rings is 2. The fourth-order valence-electron chi connectivity index (χ4n) is 2.56. The van der Waals surface area contributed by atoms with E-state index in [1.54, 1.807) is 6.20 Å². The third-order valence-electron chi connectivity index (χ3n) is 3.55. The minimum Gasteiger partial charge on any atom is -0.298 e. The Labute approximate surface area is 123 Å². The van der Waals surface area contributed by atoms with E-state index in [1.165, 1.54) is 5.56 Å². The van der Waals surface area contributed by atoms with Crippen LogP contribution in [-0.4, -0.2) is 16.1 Å². The molecule has 3 nitrogen and oxygen atoms in total. The summed E-state index contributed by atoms with van der Waals surface area (Å²) in [4.78, 5) is 11.3. The standard InChI is InChI=1S/C18H16N2O/c1-13-8-9-17(14(2)10-13)20-18(16(12-21)11-19-20)15-6-4-3-5-7-15/h3-12H,1-2H3. The minimum atomic E-state index is 0.598. The van der Waals surface area contributed by atoms with Gasteiger partial charge in [0.05, 0.1) is 23.1 Å². The lowest BCUT2D eigenvalue weighted by atomic mass is 10.1. The predicted octanol–water partition coefficient (Wildman–Crippen LogP) is 3.97. The van der Waals surface area contributed by atoms with Gasteiger partial charge in [-0.2, -0.15) is 5.10 Å². The first kappa shape index (κ1) is 13.3. The molecule has 0 N–H and O–H groups in total. The largest absolute Gasteiger partial charge is 0.298 e. The highest BCUT2D eigenvalue weighted by Crippen LogP contribution is 2.27. The zero-order chi connectivity index (χ0) is 14.8. The van der Waals surface area contributed by atoms with Gasteiger partial charge in [-0.3, -0.25) is 4.79 Å². The second-order valence-corrected chi connectivity index (χ2v) is 5.13. The number of carbonyl (C=O) groups is 1. The highest BCUT2D eigenvalue weighted by Gasteiger charge is 2.14. The monoisotopic (exact) mass is 276 g/mol. The van der Waals surface area contributed by atoms with E-state index in [9.17, 15) is 4.79 Å². The number of hydrogen-bond acceptors (Lipinski definition) is 2. The fraction of sp³-hybridized carbons (Fsp3) is 0.111. The Morgan fingerprint density at radius 2 is 1.81 bits per heavy atom. The van der Waals surface area contributed by atoms with E-state index < -0.39 is 0 Å².